The number of hydrogen-bond acceptors (Lipinski definition) is 2. The van der Waals surface area contributed by atoms with Crippen LogP contribution in [0.4, 0.5) is 0 Å². The zero-order valence-corrected chi connectivity index (χ0v) is 13.0. The molecule has 1 fully saturated rings. The summed E-state index contributed by atoms with van der Waals surface area (Å²) in [4.78, 5) is 0. The fourth-order valence-corrected chi connectivity index (χ4v) is 2.85. The van der Waals surface area contributed by atoms with Gasteiger partial charge >= 0.3 is 0 Å². The highest BCUT2D eigenvalue weighted by Crippen LogP contribution is 2.23. The van der Waals surface area contributed by atoms with E-state index in [1.165, 1.54) is 31.2 Å². The molecule has 2 rings (SSSR count). The number of nitrogens with one attached hydrogen (secondary N) is 2. The van der Waals surface area contributed by atoms with Crippen LogP contribution in [0.3, 0.4) is 0 Å². The van der Waals surface area contributed by atoms with Crippen molar-refractivity contribution < 1.29 is 0 Å². The van der Waals surface area contributed by atoms with Gasteiger partial charge in [0.1, 0.15) is 0 Å². The third-order valence-corrected chi connectivity index (χ3v) is 4.06. The van der Waals surface area contributed by atoms with E-state index in [1.54, 1.807) is 6.21 Å². The fraction of sp³-hybridized carbons (Fsp3) is 0.500. The molecule has 1 aliphatic carbocycles. The minimum absolute atomic E-state index is 0.484. The van der Waals surface area contributed by atoms with Crippen molar-refractivity contribution >= 4 is 23.5 Å². The molecule has 2 N–H and O–H groups in total. The first-order valence-corrected chi connectivity index (χ1v) is 7.72. The maximum Gasteiger partial charge on any atom is 0.187 e. The summed E-state index contributed by atoms with van der Waals surface area (Å²) in [6.07, 6.45) is 6.91. The first kappa shape index (κ1) is 15.0. The molecule has 0 aromatic heterocycles. The summed E-state index contributed by atoms with van der Waals surface area (Å²) in [5.41, 5.74) is 5.21. The molecule has 4 heteroatoms. The van der Waals surface area contributed by atoms with E-state index in [2.05, 4.69) is 41.8 Å². The number of benzene rings is 1. The number of nitrogens with zero attached hydrogens (tertiary/aromatic N) is 1. The zero-order chi connectivity index (χ0) is 14.4. The molecule has 0 saturated heterocycles. The van der Waals surface area contributed by atoms with Crippen molar-refractivity contribution in [2.45, 2.75) is 45.6 Å². The van der Waals surface area contributed by atoms with Crippen molar-refractivity contribution in [1.82, 2.24) is 10.7 Å². The molecule has 3 nitrogen and oxygen atoms in total. The Morgan fingerprint density at radius 2 is 2.15 bits per heavy atom. The van der Waals surface area contributed by atoms with Crippen molar-refractivity contribution in [3.05, 3.63) is 35.4 Å². The molecule has 1 aromatic carbocycles. The van der Waals surface area contributed by atoms with E-state index in [-0.39, 0.29) is 0 Å². The van der Waals surface area contributed by atoms with Crippen LogP contribution >= 0.6 is 12.2 Å². The minimum Gasteiger partial charge on any atom is -0.358 e. The second-order valence-corrected chi connectivity index (χ2v) is 6.03. The maximum absolute atomic E-state index is 5.29. The highest BCUT2D eigenvalue weighted by atomic mass is 32.1. The summed E-state index contributed by atoms with van der Waals surface area (Å²) in [5.74, 6) is 0.684. The summed E-state index contributed by atoms with van der Waals surface area (Å²) in [7, 11) is 0. The number of aryl methyl sites for hydroxylation is 1. The smallest absolute Gasteiger partial charge is 0.187 e. The Balaban J connectivity index is 1.80. The Hall–Kier alpha value is -1.42. The lowest BCUT2D eigenvalue weighted by atomic mass is 9.86. The largest absolute Gasteiger partial charge is 0.358 e. The molecule has 1 aliphatic rings. The van der Waals surface area contributed by atoms with E-state index in [0.717, 1.165) is 5.56 Å². The van der Waals surface area contributed by atoms with Crippen molar-refractivity contribution in [2.75, 3.05) is 0 Å². The van der Waals surface area contributed by atoms with Crippen LogP contribution in [0.15, 0.2) is 29.4 Å². The Morgan fingerprint density at radius 3 is 2.90 bits per heavy atom. The molecule has 0 heterocycles. The first-order valence-electron chi connectivity index (χ1n) is 7.31. The van der Waals surface area contributed by atoms with E-state index >= 15 is 0 Å². The fourth-order valence-electron chi connectivity index (χ4n) is 2.65. The molecule has 1 saturated carbocycles. The van der Waals surface area contributed by atoms with Crippen LogP contribution in [0, 0.1) is 12.8 Å². The molecule has 108 valence electrons. The van der Waals surface area contributed by atoms with Crippen LogP contribution in [0.2, 0.25) is 0 Å². The van der Waals surface area contributed by atoms with Gasteiger partial charge in [-0.15, -0.1) is 0 Å². The SMILES string of the molecule is Cc1cccc(/C=N\NC(=S)N[C@@H]2CCCC[C@@H]2C)c1. The van der Waals surface area contributed by atoms with Gasteiger partial charge in [-0.05, 0) is 43.5 Å². The monoisotopic (exact) mass is 289 g/mol. The Morgan fingerprint density at radius 1 is 1.35 bits per heavy atom. The molecule has 0 bridgehead atoms. The molecule has 0 amide bonds. The normalized spacial score (nSPS) is 22.7. The summed E-state index contributed by atoms with van der Waals surface area (Å²) >= 11 is 5.29. The van der Waals surface area contributed by atoms with Gasteiger partial charge in [-0.25, -0.2) is 0 Å². The summed E-state index contributed by atoms with van der Waals surface area (Å²) in [6.45, 7) is 4.36. The van der Waals surface area contributed by atoms with Gasteiger partial charge < -0.3 is 5.32 Å². The third kappa shape index (κ3) is 4.60. The maximum atomic E-state index is 5.29. The van der Waals surface area contributed by atoms with Crippen LogP contribution in [-0.2, 0) is 0 Å². The topological polar surface area (TPSA) is 36.4 Å². The molecular formula is C16H23N3S. The second-order valence-electron chi connectivity index (χ2n) is 5.63. The van der Waals surface area contributed by atoms with E-state index in [9.17, 15) is 0 Å². The minimum atomic E-state index is 0.484. The summed E-state index contributed by atoms with van der Waals surface area (Å²) in [6, 6.07) is 8.69. The van der Waals surface area contributed by atoms with Crippen LogP contribution in [-0.4, -0.2) is 17.4 Å². The average Bonchev–Trinajstić information content (AvgIpc) is 2.41. The van der Waals surface area contributed by atoms with Gasteiger partial charge in [-0.2, -0.15) is 5.10 Å². The Labute approximate surface area is 126 Å². The number of rotatable bonds is 3. The molecule has 2 atom stereocenters. The lowest BCUT2D eigenvalue weighted by molar-refractivity contribution is 0.308. The van der Waals surface area contributed by atoms with Crippen molar-refractivity contribution in [2.24, 2.45) is 11.0 Å². The first-order chi connectivity index (χ1) is 9.65. The van der Waals surface area contributed by atoms with Gasteiger partial charge in [-0.1, -0.05) is 49.6 Å². The van der Waals surface area contributed by atoms with Crippen LogP contribution in [0.1, 0.15) is 43.7 Å². The summed E-state index contributed by atoms with van der Waals surface area (Å²) in [5, 5.41) is 8.19. The Kier molecular flexibility index (Phi) is 5.53. The third-order valence-electron chi connectivity index (χ3n) is 3.85. The van der Waals surface area contributed by atoms with Gasteiger partial charge in [-0.3, -0.25) is 5.43 Å². The quantitative estimate of drug-likeness (QED) is 0.509. The number of hydrazone groups is 1. The molecule has 20 heavy (non-hydrogen) atoms. The predicted octanol–water partition coefficient (Wildman–Crippen LogP) is 3.37. The van der Waals surface area contributed by atoms with Gasteiger partial charge in [0, 0.05) is 6.04 Å². The molecular weight excluding hydrogens is 266 g/mol. The zero-order valence-electron chi connectivity index (χ0n) is 12.2. The van der Waals surface area contributed by atoms with Crippen molar-refractivity contribution in [1.29, 1.82) is 0 Å². The van der Waals surface area contributed by atoms with Crippen LogP contribution in [0.25, 0.3) is 0 Å². The van der Waals surface area contributed by atoms with Crippen LogP contribution < -0.4 is 10.7 Å². The summed E-state index contributed by atoms with van der Waals surface area (Å²) < 4.78 is 0. The van der Waals surface area contributed by atoms with Gasteiger partial charge in [0.05, 0.1) is 6.21 Å². The predicted molar refractivity (Wildman–Crippen MR) is 89.1 cm³/mol. The lowest BCUT2D eigenvalue weighted by Gasteiger charge is -2.30. The van der Waals surface area contributed by atoms with E-state index in [1.807, 2.05) is 12.1 Å². The molecule has 0 aliphatic heterocycles. The van der Waals surface area contributed by atoms with Gasteiger partial charge in [0.2, 0.25) is 0 Å². The van der Waals surface area contributed by atoms with Gasteiger partial charge in [0.25, 0.3) is 0 Å². The van der Waals surface area contributed by atoms with Crippen molar-refractivity contribution in [3.8, 4) is 0 Å². The Bertz CT molecular complexity index is 484. The van der Waals surface area contributed by atoms with Gasteiger partial charge in [0.15, 0.2) is 5.11 Å². The number of thiocarbonyl (C=S) groups is 1. The average molecular weight is 289 g/mol. The number of hydrogen-bond donors (Lipinski definition) is 2. The van der Waals surface area contributed by atoms with E-state index < -0.39 is 0 Å². The van der Waals surface area contributed by atoms with Crippen LogP contribution in [0.5, 0.6) is 0 Å². The molecule has 0 radical (unpaired) electrons. The highest BCUT2D eigenvalue weighted by molar-refractivity contribution is 7.80. The lowest BCUT2D eigenvalue weighted by Crippen LogP contribution is -2.44. The standard InChI is InChI=1S/C16H23N3S/c1-12-6-5-8-14(10-12)11-17-19-16(20)18-15-9-4-3-7-13(15)2/h5-6,8,10-11,13,15H,3-4,7,9H2,1-2H3,(H2,18,19,20)/b17-11-/t13-,15+/m0/s1. The van der Waals surface area contributed by atoms with E-state index in [4.69, 9.17) is 12.2 Å². The highest BCUT2D eigenvalue weighted by Gasteiger charge is 2.21. The van der Waals surface area contributed by atoms with Crippen molar-refractivity contribution in [3.63, 3.8) is 0 Å². The molecule has 0 unspecified atom stereocenters. The second kappa shape index (κ2) is 7.39. The van der Waals surface area contributed by atoms with E-state index in [0.29, 0.717) is 17.1 Å². The molecule has 0 spiro atoms. The molecule has 1 aromatic rings.